The van der Waals surface area contributed by atoms with Crippen molar-refractivity contribution in [1.82, 2.24) is 14.8 Å². The van der Waals surface area contributed by atoms with E-state index in [0.717, 1.165) is 25.1 Å². The lowest BCUT2D eigenvalue weighted by Crippen LogP contribution is -2.01. The molecule has 0 N–H and O–H groups in total. The molecule has 0 aliphatic carbocycles. The Hall–Kier alpha value is -1.84. The number of hydrogen-bond donors (Lipinski definition) is 0. The summed E-state index contributed by atoms with van der Waals surface area (Å²) in [6.45, 7) is 3.72. The molecule has 0 radical (unpaired) electrons. The second-order valence-electron chi connectivity index (χ2n) is 3.90. The Morgan fingerprint density at radius 1 is 1.35 bits per heavy atom. The van der Waals surface area contributed by atoms with Crippen LogP contribution in [0.2, 0.25) is 0 Å². The van der Waals surface area contributed by atoms with Crippen molar-refractivity contribution in [3.8, 4) is 5.75 Å². The summed E-state index contributed by atoms with van der Waals surface area (Å²) < 4.78 is 7.53. The zero-order valence-electron chi connectivity index (χ0n) is 10.0. The van der Waals surface area contributed by atoms with Crippen LogP contribution in [-0.4, -0.2) is 21.4 Å². The van der Waals surface area contributed by atoms with E-state index in [0.29, 0.717) is 6.61 Å². The van der Waals surface area contributed by atoms with Gasteiger partial charge in [-0.2, -0.15) is 5.10 Å². The normalized spacial score (nSPS) is 10.4. The van der Waals surface area contributed by atoms with Gasteiger partial charge in [0.25, 0.3) is 0 Å². The fourth-order valence-electron chi connectivity index (χ4n) is 1.60. The fraction of sp³-hybridized carbons (Fsp3) is 0.385. The summed E-state index contributed by atoms with van der Waals surface area (Å²) in [7, 11) is 0. The van der Waals surface area contributed by atoms with Gasteiger partial charge in [0.1, 0.15) is 0 Å². The van der Waals surface area contributed by atoms with Crippen molar-refractivity contribution in [2.45, 2.75) is 26.3 Å². The number of aryl methyl sites for hydroxylation is 1. The molecule has 0 aliphatic rings. The average Bonchev–Trinajstić information content (AvgIpc) is 2.79. The van der Waals surface area contributed by atoms with Crippen LogP contribution in [0.15, 0.2) is 36.9 Å². The second-order valence-corrected chi connectivity index (χ2v) is 3.90. The molecule has 0 atom stereocenters. The third kappa shape index (κ3) is 3.59. The number of rotatable bonds is 6. The smallest absolute Gasteiger partial charge is 0.157 e. The summed E-state index contributed by atoms with van der Waals surface area (Å²) in [6.07, 6.45) is 9.29. The van der Waals surface area contributed by atoms with Crippen LogP contribution >= 0.6 is 0 Å². The van der Waals surface area contributed by atoms with Crippen molar-refractivity contribution in [2.24, 2.45) is 0 Å². The topological polar surface area (TPSA) is 39.9 Å². The Morgan fingerprint density at radius 3 is 3.06 bits per heavy atom. The standard InChI is InChI=1S/C13H17N3O/c1-2-7-16-11-13(10-15-16)17-8-5-12-4-3-6-14-9-12/h3-4,6,9-11H,2,5,7-8H2,1H3. The van der Waals surface area contributed by atoms with Crippen molar-refractivity contribution < 1.29 is 4.74 Å². The number of pyridine rings is 1. The van der Waals surface area contributed by atoms with Gasteiger partial charge in [-0.25, -0.2) is 0 Å². The third-order valence-corrected chi connectivity index (χ3v) is 2.44. The van der Waals surface area contributed by atoms with Crippen LogP contribution in [0.25, 0.3) is 0 Å². The van der Waals surface area contributed by atoms with Gasteiger partial charge in [0.15, 0.2) is 5.75 Å². The molecular weight excluding hydrogens is 214 g/mol. The number of aromatic nitrogens is 3. The molecule has 17 heavy (non-hydrogen) atoms. The van der Waals surface area contributed by atoms with Gasteiger partial charge < -0.3 is 4.74 Å². The van der Waals surface area contributed by atoms with Gasteiger partial charge in [-0.15, -0.1) is 0 Å². The van der Waals surface area contributed by atoms with Gasteiger partial charge in [0.05, 0.1) is 19.0 Å². The molecule has 2 heterocycles. The minimum Gasteiger partial charge on any atom is -0.490 e. The molecule has 2 aromatic heterocycles. The molecule has 2 aromatic rings. The van der Waals surface area contributed by atoms with Gasteiger partial charge in [0, 0.05) is 25.4 Å². The first-order valence-corrected chi connectivity index (χ1v) is 5.92. The zero-order chi connectivity index (χ0) is 11.9. The number of ether oxygens (including phenoxy) is 1. The summed E-state index contributed by atoms with van der Waals surface area (Å²) in [5.74, 6) is 0.836. The maximum atomic E-state index is 5.63. The van der Waals surface area contributed by atoms with Crippen LogP contribution in [0, 0.1) is 0 Å². The molecule has 0 unspecified atom stereocenters. The molecule has 2 rings (SSSR count). The highest BCUT2D eigenvalue weighted by atomic mass is 16.5. The van der Waals surface area contributed by atoms with Gasteiger partial charge in [0.2, 0.25) is 0 Å². The lowest BCUT2D eigenvalue weighted by atomic mass is 10.2. The maximum absolute atomic E-state index is 5.63. The Morgan fingerprint density at radius 2 is 2.29 bits per heavy atom. The first kappa shape index (κ1) is 11.6. The minimum atomic E-state index is 0.656. The Balaban J connectivity index is 1.78. The Kier molecular flexibility index (Phi) is 4.13. The largest absolute Gasteiger partial charge is 0.490 e. The van der Waals surface area contributed by atoms with Crippen LogP contribution in [-0.2, 0) is 13.0 Å². The van der Waals surface area contributed by atoms with Crippen molar-refractivity contribution in [1.29, 1.82) is 0 Å². The quantitative estimate of drug-likeness (QED) is 0.766. The van der Waals surface area contributed by atoms with Crippen LogP contribution in [0.1, 0.15) is 18.9 Å². The predicted octanol–water partition coefficient (Wildman–Crippen LogP) is 2.31. The molecule has 0 aliphatic heterocycles. The Labute approximate surface area is 101 Å². The minimum absolute atomic E-state index is 0.656. The average molecular weight is 231 g/mol. The van der Waals surface area contributed by atoms with E-state index in [1.807, 2.05) is 23.1 Å². The molecule has 0 spiro atoms. The second kappa shape index (κ2) is 6.03. The van der Waals surface area contributed by atoms with Crippen LogP contribution in [0.3, 0.4) is 0 Å². The predicted molar refractivity (Wildman–Crippen MR) is 66.0 cm³/mol. The molecule has 0 saturated heterocycles. The van der Waals surface area contributed by atoms with Crippen molar-refractivity contribution in [3.63, 3.8) is 0 Å². The number of nitrogens with zero attached hydrogens (tertiary/aromatic N) is 3. The fourth-order valence-corrected chi connectivity index (χ4v) is 1.60. The van der Waals surface area contributed by atoms with E-state index in [2.05, 4.69) is 23.1 Å². The zero-order valence-corrected chi connectivity index (χ0v) is 10.0. The summed E-state index contributed by atoms with van der Waals surface area (Å²) >= 11 is 0. The molecule has 0 amide bonds. The van der Waals surface area contributed by atoms with Crippen molar-refractivity contribution in [2.75, 3.05) is 6.61 Å². The third-order valence-electron chi connectivity index (χ3n) is 2.44. The highest BCUT2D eigenvalue weighted by molar-refractivity contribution is 5.13. The molecular formula is C13H17N3O. The van der Waals surface area contributed by atoms with E-state index in [1.165, 1.54) is 5.56 Å². The Bertz CT molecular complexity index is 439. The summed E-state index contributed by atoms with van der Waals surface area (Å²) in [5, 5.41) is 4.21. The van der Waals surface area contributed by atoms with E-state index in [1.54, 1.807) is 12.4 Å². The molecule has 4 nitrogen and oxygen atoms in total. The lowest BCUT2D eigenvalue weighted by molar-refractivity contribution is 0.321. The van der Waals surface area contributed by atoms with Crippen LogP contribution in [0.4, 0.5) is 0 Å². The van der Waals surface area contributed by atoms with Crippen molar-refractivity contribution >= 4 is 0 Å². The van der Waals surface area contributed by atoms with E-state index in [-0.39, 0.29) is 0 Å². The highest BCUT2D eigenvalue weighted by Gasteiger charge is 1.99. The number of hydrogen-bond acceptors (Lipinski definition) is 3. The monoisotopic (exact) mass is 231 g/mol. The van der Waals surface area contributed by atoms with Gasteiger partial charge in [-0.3, -0.25) is 9.67 Å². The van der Waals surface area contributed by atoms with Gasteiger partial charge >= 0.3 is 0 Å². The highest BCUT2D eigenvalue weighted by Crippen LogP contribution is 2.09. The van der Waals surface area contributed by atoms with E-state index in [4.69, 9.17) is 4.74 Å². The molecule has 0 saturated carbocycles. The summed E-state index contributed by atoms with van der Waals surface area (Å²) in [4.78, 5) is 4.07. The van der Waals surface area contributed by atoms with Crippen molar-refractivity contribution in [3.05, 3.63) is 42.5 Å². The van der Waals surface area contributed by atoms with E-state index in [9.17, 15) is 0 Å². The van der Waals surface area contributed by atoms with Gasteiger partial charge in [-0.05, 0) is 18.1 Å². The van der Waals surface area contributed by atoms with Crippen LogP contribution < -0.4 is 4.74 Å². The SMILES string of the molecule is CCCn1cc(OCCc2cccnc2)cn1. The summed E-state index contributed by atoms with van der Waals surface area (Å²) in [6, 6.07) is 3.99. The molecule has 4 heteroatoms. The molecule has 90 valence electrons. The first-order chi connectivity index (χ1) is 8.38. The van der Waals surface area contributed by atoms with E-state index < -0.39 is 0 Å². The first-order valence-electron chi connectivity index (χ1n) is 5.92. The van der Waals surface area contributed by atoms with Crippen LogP contribution in [0.5, 0.6) is 5.75 Å². The van der Waals surface area contributed by atoms with E-state index >= 15 is 0 Å². The maximum Gasteiger partial charge on any atom is 0.157 e. The molecule has 0 bridgehead atoms. The molecule has 0 fully saturated rings. The van der Waals surface area contributed by atoms with Gasteiger partial charge in [-0.1, -0.05) is 13.0 Å². The summed E-state index contributed by atoms with van der Waals surface area (Å²) in [5.41, 5.74) is 1.19. The lowest BCUT2D eigenvalue weighted by Gasteiger charge is -2.02. The molecule has 0 aromatic carbocycles.